The van der Waals surface area contributed by atoms with E-state index in [2.05, 4.69) is 31.4 Å². The second-order valence-corrected chi connectivity index (χ2v) is 7.87. The molecule has 0 bridgehead atoms. The summed E-state index contributed by atoms with van der Waals surface area (Å²) in [5.41, 5.74) is 1.68. The van der Waals surface area contributed by atoms with Crippen molar-refractivity contribution in [3.8, 4) is 11.5 Å². The quantitative estimate of drug-likeness (QED) is 0.535. The summed E-state index contributed by atoms with van der Waals surface area (Å²) < 4.78 is 5.60. The smallest absolute Gasteiger partial charge is 0.282 e. The first-order valence-corrected chi connectivity index (χ1v) is 10.1. The zero-order valence-electron chi connectivity index (χ0n) is 14.6. The van der Waals surface area contributed by atoms with E-state index in [1.807, 2.05) is 30.3 Å². The minimum absolute atomic E-state index is 0.00376. The fourth-order valence-electron chi connectivity index (χ4n) is 2.31. The molecule has 6 nitrogen and oxygen atoms in total. The first-order valence-electron chi connectivity index (χ1n) is 8.07. The third-order valence-electron chi connectivity index (χ3n) is 3.68. The summed E-state index contributed by atoms with van der Waals surface area (Å²) in [7, 11) is 1.46. The van der Waals surface area contributed by atoms with Crippen LogP contribution < -0.4 is 10.1 Å². The van der Waals surface area contributed by atoms with Crippen LogP contribution in [0.25, 0.3) is 11.1 Å². The highest BCUT2D eigenvalue weighted by Crippen LogP contribution is 2.36. The predicted molar refractivity (Wildman–Crippen MR) is 114 cm³/mol. The van der Waals surface area contributed by atoms with E-state index in [4.69, 9.17) is 16.3 Å². The van der Waals surface area contributed by atoms with Gasteiger partial charge in [-0.2, -0.15) is 0 Å². The van der Waals surface area contributed by atoms with E-state index in [1.54, 1.807) is 18.2 Å². The molecule has 0 unspecified atom stereocenters. The Morgan fingerprint density at radius 1 is 1.29 bits per heavy atom. The van der Waals surface area contributed by atoms with Crippen molar-refractivity contribution in [3.05, 3.63) is 68.1 Å². The van der Waals surface area contributed by atoms with Gasteiger partial charge in [0.05, 0.1) is 16.6 Å². The van der Waals surface area contributed by atoms with Crippen LogP contribution in [0.4, 0.5) is 0 Å². The number of halogens is 2. The molecule has 0 aliphatic rings. The van der Waals surface area contributed by atoms with Crippen LogP contribution in [0.1, 0.15) is 25.9 Å². The van der Waals surface area contributed by atoms with Crippen LogP contribution in [0.3, 0.4) is 0 Å². The second kappa shape index (κ2) is 9.18. The number of carbonyl (C=O) groups excluding carboxylic acids is 1. The zero-order valence-corrected chi connectivity index (χ0v) is 17.8. The number of phenolic OH excluding ortho intramolecular Hbond substituents is 1. The molecule has 0 fully saturated rings. The molecule has 28 heavy (non-hydrogen) atoms. The molecule has 0 spiro atoms. The van der Waals surface area contributed by atoms with Gasteiger partial charge < -0.3 is 15.2 Å². The van der Waals surface area contributed by atoms with Crippen LogP contribution in [0.2, 0.25) is 0 Å². The lowest BCUT2D eigenvalue weighted by atomic mass is 10.2. The number of aromatic nitrogens is 2. The fourth-order valence-corrected chi connectivity index (χ4v) is 3.71. The highest BCUT2D eigenvalue weighted by molar-refractivity contribution is 9.10. The topological polar surface area (TPSA) is 84.3 Å². The van der Waals surface area contributed by atoms with Crippen LogP contribution in [-0.4, -0.2) is 28.3 Å². The van der Waals surface area contributed by atoms with Crippen molar-refractivity contribution in [2.24, 2.45) is 0 Å². The highest BCUT2D eigenvalue weighted by Gasteiger charge is 2.15. The summed E-state index contributed by atoms with van der Waals surface area (Å²) in [6.45, 7) is 0.402. The van der Waals surface area contributed by atoms with Gasteiger partial charge in [0, 0.05) is 6.54 Å². The predicted octanol–water partition coefficient (Wildman–Crippen LogP) is 4.68. The Morgan fingerprint density at radius 3 is 2.71 bits per heavy atom. The molecule has 0 radical (unpaired) electrons. The van der Waals surface area contributed by atoms with Crippen LogP contribution >= 0.6 is 38.9 Å². The van der Waals surface area contributed by atoms with Gasteiger partial charge in [-0.05, 0) is 45.3 Å². The molecule has 2 N–H and O–H groups in total. The molecule has 3 rings (SSSR count). The van der Waals surface area contributed by atoms with Gasteiger partial charge in [0.15, 0.2) is 16.5 Å². The third-order valence-corrected chi connectivity index (χ3v) is 5.64. The number of hydrogen-bond donors (Lipinski definition) is 2. The largest absolute Gasteiger partial charge is 0.503 e. The second-order valence-electron chi connectivity index (χ2n) is 5.63. The normalized spacial score (nSPS) is 11.3. The van der Waals surface area contributed by atoms with Gasteiger partial charge >= 0.3 is 0 Å². The van der Waals surface area contributed by atoms with Crippen molar-refractivity contribution >= 4 is 55.9 Å². The number of aromatic hydroxyl groups is 1. The van der Waals surface area contributed by atoms with Crippen LogP contribution in [0, 0.1) is 0 Å². The molecular formula is C19H15BrClN3O3S. The summed E-state index contributed by atoms with van der Waals surface area (Å²) in [5.74, 6) is -0.00138. The van der Waals surface area contributed by atoms with E-state index in [1.165, 1.54) is 7.11 Å². The molecule has 3 aromatic rings. The molecule has 1 amide bonds. The number of phenols is 1. The molecule has 0 saturated carbocycles. The lowest BCUT2D eigenvalue weighted by molar-refractivity contribution is 0.0950. The molecule has 1 heterocycles. The van der Waals surface area contributed by atoms with Crippen molar-refractivity contribution in [2.75, 3.05) is 7.11 Å². The molecule has 0 saturated heterocycles. The van der Waals surface area contributed by atoms with Crippen molar-refractivity contribution in [1.29, 1.82) is 0 Å². The Balaban J connectivity index is 1.73. The van der Waals surface area contributed by atoms with Gasteiger partial charge in [-0.1, -0.05) is 53.3 Å². The summed E-state index contributed by atoms with van der Waals surface area (Å²) in [5, 5.41) is 21.5. The number of methoxy groups -OCH3 is 1. The Kier molecular flexibility index (Phi) is 6.66. The number of hydrogen-bond acceptors (Lipinski definition) is 6. The minimum Gasteiger partial charge on any atom is -0.503 e. The lowest BCUT2D eigenvalue weighted by Gasteiger charge is -2.06. The minimum atomic E-state index is -0.314. The van der Waals surface area contributed by atoms with Gasteiger partial charge in [-0.15, -0.1) is 10.2 Å². The number of carbonyl (C=O) groups is 1. The standard InChI is InChI=1S/C19H15BrClN3O3S/c1-27-15-9-12(7-13(20)16(15)25)8-14(21)18-23-24-19(28-18)17(26)22-10-11-5-3-2-4-6-11/h2-9,25H,10H2,1H3,(H,22,26)/b14-8+. The van der Waals surface area contributed by atoms with E-state index in [0.29, 0.717) is 32.4 Å². The number of nitrogens with one attached hydrogen (secondary N) is 1. The number of ether oxygens (including phenoxy) is 1. The molecule has 2 aromatic carbocycles. The molecular weight excluding hydrogens is 466 g/mol. The van der Waals surface area contributed by atoms with Crippen molar-refractivity contribution < 1.29 is 14.6 Å². The Morgan fingerprint density at radius 2 is 2.00 bits per heavy atom. The highest BCUT2D eigenvalue weighted by atomic mass is 79.9. The Labute approximate surface area is 179 Å². The van der Waals surface area contributed by atoms with E-state index in [9.17, 15) is 9.90 Å². The maximum Gasteiger partial charge on any atom is 0.282 e. The maximum absolute atomic E-state index is 12.3. The van der Waals surface area contributed by atoms with E-state index < -0.39 is 0 Å². The van der Waals surface area contributed by atoms with Crippen LogP contribution in [-0.2, 0) is 6.54 Å². The van der Waals surface area contributed by atoms with Gasteiger partial charge in [0.2, 0.25) is 5.01 Å². The average molecular weight is 481 g/mol. The van der Waals surface area contributed by atoms with Crippen molar-refractivity contribution in [3.63, 3.8) is 0 Å². The first-order chi connectivity index (χ1) is 13.5. The molecule has 0 atom stereocenters. The van der Waals surface area contributed by atoms with Gasteiger partial charge in [-0.25, -0.2) is 0 Å². The van der Waals surface area contributed by atoms with Crippen LogP contribution in [0.15, 0.2) is 46.9 Å². The van der Waals surface area contributed by atoms with Gasteiger partial charge in [0.1, 0.15) is 0 Å². The maximum atomic E-state index is 12.3. The van der Waals surface area contributed by atoms with E-state index in [-0.39, 0.29) is 16.7 Å². The number of nitrogens with zero attached hydrogens (tertiary/aromatic N) is 2. The van der Waals surface area contributed by atoms with E-state index >= 15 is 0 Å². The summed E-state index contributed by atoms with van der Waals surface area (Å²) >= 11 is 10.7. The molecule has 0 aliphatic carbocycles. The monoisotopic (exact) mass is 479 g/mol. The zero-order chi connectivity index (χ0) is 20.1. The number of benzene rings is 2. The summed E-state index contributed by atoms with van der Waals surface area (Å²) in [4.78, 5) is 12.3. The SMILES string of the molecule is COc1cc(/C=C(/Cl)c2nnc(C(=O)NCc3ccccc3)s2)cc(Br)c1O. The summed E-state index contributed by atoms with van der Waals surface area (Å²) in [6, 6.07) is 12.9. The first kappa shape index (κ1) is 20.3. The Hall–Kier alpha value is -2.42. The van der Waals surface area contributed by atoms with Crippen molar-refractivity contribution in [1.82, 2.24) is 15.5 Å². The van der Waals surface area contributed by atoms with E-state index in [0.717, 1.165) is 16.9 Å². The molecule has 9 heteroatoms. The molecule has 144 valence electrons. The number of amides is 1. The molecule has 1 aromatic heterocycles. The van der Waals surface area contributed by atoms with Crippen molar-refractivity contribution in [2.45, 2.75) is 6.54 Å². The number of rotatable bonds is 6. The Bertz CT molecular complexity index is 1020. The van der Waals surface area contributed by atoms with Gasteiger partial charge in [-0.3, -0.25) is 4.79 Å². The summed E-state index contributed by atoms with van der Waals surface area (Å²) in [6.07, 6.45) is 1.65. The van der Waals surface area contributed by atoms with Crippen LogP contribution in [0.5, 0.6) is 11.5 Å². The average Bonchev–Trinajstić information content (AvgIpc) is 3.20. The molecule has 0 aliphatic heterocycles. The lowest BCUT2D eigenvalue weighted by Crippen LogP contribution is -2.22. The fraction of sp³-hybridized carbons (Fsp3) is 0.105. The van der Waals surface area contributed by atoms with Gasteiger partial charge in [0.25, 0.3) is 5.91 Å². The third kappa shape index (κ3) is 4.89.